The van der Waals surface area contributed by atoms with Gasteiger partial charge >= 0.3 is 0 Å². The Morgan fingerprint density at radius 3 is 2.42 bits per heavy atom. The van der Waals surface area contributed by atoms with Crippen molar-refractivity contribution in [1.29, 1.82) is 0 Å². The highest BCUT2D eigenvalue weighted by Gasteiger charge is 2.59. The third-order valence-electron chi connectivity index (χ3n) is 4.98. The summed E-state index contributed by atoms with van der Waals surface area (Å²) in [5.41, 5.74) is -0.143. The van der Waals surface area contributed by atoms with Gasteiger partial charge in [-0.05, 0) is 24.3 Å². The van der Waals surface area contributed by atoms with E-state index < -0.39 is 4.92 Å². The predicted octanol–water partition coefficient (Wildman–Crippen LogP) is 1.44. The van der Waals surface area contributed by atoms with Crippen molar-refractivity contribution in [2.24, 2.45) is 28.8 Å². The molecule has 0 spiro atoms. The number of hydrogen-bond acceptors (Lipinski definition) is 6. The summed E-state index contributed by atoms with van der Waals surface area (Å²) < 4.78 is 0. The van der Waals surface area contributed by atoms with E-state index in [4.69, 9.17) is 0 Å². The maximum atomic E-state index is 12.5. The number of non-ortho nitro benzene ring substituents is 1. The van der Waals surface area contributed by atoms with Gasteiger partial charge in [0.05, 0.1) is 23.0 Å². The van der Waals surface area contributed by atoms with Crippen LogP contribution in [0.2, 0.25) is 0 Å². The highest BCUT2D eigenvalue weighted by Crippen LogP contribution is 2.52. The third-order valence-corrected chi connectivity index (χ3v) is 4.98. The Kier molecular flexibility index (Phi) is 3.02. The summed E-state index contributed by atoms with van der Waals surface area (Å²) in [6, 6.07) is 3.47. The molecule has 0 aromatic heterocycles. The molecule has 2 fully saturated rings. The number of allylic oxidation sites excluding steroid dienone is 2. The molecule has 4 atom stereocenters. The van der Waals surface area contributed by atoms with Crippen molar-refractivity contribution in [2.75, 3.05) is 0 Å². The van der Waals surface area contributed by atoms with Gasteiger partial charge in [0, 0.05) is 17.7 Å². The largest absolute Gasteiger partial charge is 0.507 e. The van der Waals surface area contributed by atoms with Crippen molar-refractivity contribution in [2.45, 2.75) is 6.42 Å². The molecule has 1 N–H and O–H groups in total. The van der Waals surface area contributed by atoms with Crippen LogP contribution in [0.15, 0.2) is 35.5 Å². The van der Waals surface area contributed by atoms with Gasteiger partial charge in [-0.3, -0.25) is 19.7 Å². The number of carbonyl (C=O) groups is 2. The first-order valence-electron chi connectivity index (χ1n) is 7.55. The lowest BCUT2D eigenvalue weighted by Gasteiger charge is -2.13. The number of fused-ring (bicyclic) bond motifs is 5. The van der Waals surface area contributed by atoms with Gasteiger partial charge in [-0.1, -0.05) is 12.2 Å². The second kappa shape index (κ2) is 4.98. The zero-order chi connectivity index (χ0) is 17.0. The maximum absolute atomic E-state index is 12.5. The molecular weight excluding hydrogens is 314 g/mol. The summed E-state index contributed by atoms with van der Waals surface area (Å²) in [6.07, 6.45) is 5.90. The number of amides is 2. The van der Waals surface area contributed by atoms with Crippen LogP contribution in [0.1, 0.15) is 12.0 Å². The number of carbonyl (C=O) groups excluding carboxylic acids is 2. The molecule has 3 aliphatic rings. The summed E-state index contributed by atoms with van der Waals surface area (Å²) >= 11 is 0. The molecule has 1 heterocycles. The van der Waals surface area contributed by atoms with Gasteiger partial charge in [-0.25, -0.2) is 0 Å². The monoisotopic (exact) mass is 327 g/mol. The number of nitrogens with zero attached hydrogens (tertiary/aromatic N) is 3. The summed E-state index contributed by atoms with van der Waals surface area (Å²) in [5, 5.41) is 25.3. The molecule has 2 aliphatic carbocycles. The van der Waals surface area contributed by atoms with Gasteiger partial charge in [0.25, 0.3) is 17.5 Å². The van der Waals surface area contributed by atoms with Gasteiger partial charge in [-0.15, -0.1) is 0 Å². The van der Waals surface area contributed by atoms with Crippen LogP contribution in [0.4, 0.5) is 5.69 Å². The van der Waals surface area contributed by atoms with Gasteiger partial charge < -0.3 is 5.11 Å². The molecule has 1 aromatic carbocycles. The van der Waals surface area contributed by atoms with Crippen LogP contribution in [0.25, 0.3) is 0 Å². The minimum Gasteiger partial charge on any atom is -0.507 e. The summed E-state index contributed by atoms with van der Waals surface area (Å²) in [5.74, 6) is -1.45. The van der Waals surface area contributed by atoms with Crippen LogP contribution in [-0.4, -0.2) is 33.1 Å². The standard InChI is InChI=1S/C16H13N3O5/c20-12-4-3-11(19(23)24)6-10(12)7-17-18-15(21)13-8-1-2-9(5-8)14(13)16(18)22/h1-4,6-9,13-14,20H,5H2/b17-7-/t8-,9-,13-,14-/m0/s1. The minimum atomic E-state index is -0.601. The Morgan fingerprint density at radius 2 is 1.83 bits per heavy atom. The fourth-order valence-corrected chi connectivity index (χ4v) is 3.88. The second-order valence-corrected chi connectivity index (χ2v) is 6.23. The normalized spacial score (nSPS) is 30.6. The van der Waals surface area contributed by atoms with E-state index in [1.54, 1.807) is 0 Å². The van der Waals surface area contributed by atoms with Gasteiger partial charge in [-0.2, -0.15) is 10.1 Å². The lowest BCUT2D eigenvalue weighted by molar-refractivity contribution is -0.384. The van der Waals surface area contributed by atoms with Crippen LogP contribution in [0.5, 0.6) is 5.75 Å². The molecule has 4 rings (SSSR count). The highest BCUT2D eigenvalue weighted by molar-refractivity contribution is 6.06. The summed E-state index contributed by atoms with van der Waals surface area (Å²) in [4.78, 5) is 35.1. The average molecular weight is 327 g/mol. The lowest BCUT2D eigenvalue weighted by Crippen LogP contribution is -2.28. The molecule has 24 heavy (non-hydrogen) atoms. The van der Waals surface area contributed by atoms with Crippen LogP contribution >= 0.6 is 0 Å². The predicted molar refractivity (Wildman–Crippen MR) is 81.9 cm³/mol. The van der Waals surface area contributed by atoms with Crippen molar-refractivity contribution in [1.82, 2.24) is 5.01 Å². The number of phenolic OH excluding ortho intramolecular Hbond substituents is 1. The molecule has 1 saturated carbocycles. The van der Waals surface area contributed by atoms with Crippen LogP contribution < -0.4 is 0 Å². The Hall–Kier alpha value is -3.03. The molecule has 1 aliphatic heterocycles. The van der Waals surface area contributed by atoms with Gasteiger partial charge in [0.2, 0.25) is 0 Å². The average Bonchev–Trinajstić information content (AvgIpc) is 3.22. The molecule has 2 amide bonds. The van der Waals surface area contributed by atoms with Crippen LogP contribution in [0, 0.1) is 33.8 Å². The molecule has 8 heteroatoms. The maximum Gasteiger partial charge on any atom is 0.270 e. The number of imide groups is 1. The molecule has 0 unspecified atom stereocenters. The van der Waals surface area contributed by atoms with Crippen molar-refractivity contribution in [3.8, 4) is 5.75 Å². The van der Waals surface area contributed by atoms with Gasteiger partial charge in [0.1, 0.15) is 5.75 Å². The SMILES string of the molecule is O=C1[C@@H]2[C@@H](C(=O)N1/N=C\c1cc([N+](=O)[O-])ccc1O)[C@H]1C=C[C@H]2C1. The summed E-state index contributed by atoms with van der Waals surface area (Å²) in [7, 11) is 0. The number of aromatic hydroxyl groups is 1. The van der Waals surface area contributed by atoms with E-state index in [1.807, 2.05) is 12.2 Å². The van der Waals surface area contributed by atoms with Crippen LogP contribution in [-0.2, 0) is 9.59 Å². The van der Waals surface area contributed by atoms with Crippen molar-refractivity contribution in [3.63, 3.8) is 0 Å². The minimum absolute atomic E-state index is 0.0722. The van der Waals surface area contributed by atoms with E-state index in [-0.39, 0.29) is 52.5 Å². The smallest absolute Gasteiger partial charge is 0.270 e. The number of nitro groups is 1. The molecule has 1 aromatic rings. The van der Waals surface area contributed by atoms with Crippen molar-refractivity contribution < 1.29 is 19.6 Å². The Morgan fingerprint density at radius 1 is 1.21 bits per heavy atom. The molecule has 122 valence electrons. The first kappa shape index (κ1) is 14.6. The number of rotatable bonds is 3. The van der Waals surface area contributed by atoms with Crippen molar-refractivity contribution in [3.05, 3.63) is 46.0 Å². The Bertz CT molecular complexity index is 801. The second-order valence-electron chi connectivity index (χ2n) is 6.23. The van der Waals surface area contributed by atoms with Crippen LogP contribution in [0.3, 0.4) is 0 Å². The highest BCUT2D eigenvalue weighted by atomic mass is 16.6. The van der Waals surface area contributed by atoms with Gasteiger partial charge in [0.15, 0.2) is 0 Å². The molecular formula is C16H13N3O5. The zero-order valence-corrected chi connectivity index (χ0v) is 12.4. The summed E-state index contributed by atoms with van der Waals surface area (Å²) in [6.45, 7) is 0. The number of hydrazone groups is 1. The number of hydrogen-bond donors (Lipinski definition) is 1. The number of nitro benzene ring substituents is 1. The number of phenols is 1. The Labute approximate surface area is 136 Å². The van der Waals surface area contributed by atoms with E-state index in [1.165, 1.54) is 6.07 Å². The fraction of sp³-hybridized carbons (Fsp3) is 0.312. The first-order valence-corrected chi connectivity index (χ1v) is 7.55. The fourth-order valence-electron chi connectivity index (χ4n) is 3.88. The number of benzene rings is 1. The molecule has 2 bridgehead atoms. The Balaban J connectivity index is 1.61. The molecule has 8 nitrogen and oxygen atoms in total. The van der Waals surface area contributed by atoms with E-state index in [9.17, 15) is 24.8 Å². The van der Waals surface area contributed by atoms with E-state index in [0.717, 1.165) is 29.8 Å². The van der Waals surface area contributed by atoms with E-state index >= 15 is 0 Å². The lowest BCUT2D eigenvalue weighted by atomic mass is 9.85. The van der Waals surface area contributed by atoms with E-state index in [2.05, 4.69) is 5.10 Å². The zero-order valence-electron chi connectivity index (χ0n) is 12.4. The third kappa shape index (κ3) is 1.96. The topological polar surface area (TPSA) is 113 Å². The van der Waals surface area contributed by atoms with Crippen molar-refractivity contribution >= 4 is 23.7 Å². The molecule has 0 radical (unpaired) electrons. The van der Waals surface area contributed by atoms with E-state index in [0.29, 0.717) is 0 Å². The molecule has 1 saturated heterocycles. The first-order chi connectivity index (χ1) is 11.5. The quantitative estimate of drug-likeness (QED) is 0.297.